The van der Waals surface area contributed by atoms with Gasteiger partial charge in [0.2, 0.25) is 5.75 Å². The fraction of sp³-hybridized carbons (Fsp3) is 0.500. The Kier molecular flexibility index (Phi) is 4.72. The van der Waals surface area contributed by atoms with E-state index in [1.54, 1.807) is 0 Å². The Labute approximate surface area is 145 Å². The van der Waals surface area contributed by atoms with E-state index in [1.165, 1.54) is 54.2 Å². The molecule has 0 saturated carbocycles. The average Bonchev–Trinajstić information content (AvgIpc) is 2.71. The topological polar surface area (TPSA) is 107 Å². The molecule has 9 nitrogen and oxygen atoms in total. The minimum atomic E-state index is -1.74. The average molecular weight is 354 g/mol. The summed E-state index contributed by atoms with van der Waals surface area (Å²) in [6.45, 7) is 4.44. The van der Waals surface area contributed by atoms with E-state index in [0.717, 1.165) is 5.01 Å². The van der Waals surface area contributed by atoms with Gasteiger partial charge in [0.15, 0.2) is 22.8 Å². The normalized spacial score (nSPS) is 21.6. The standard InChI is InChI=1S/C16H22N2O7/c1-15(2)16(3,21)18(14(20)25-15)17-13(19)9-7-10(22-4)12(24-6)11(8-9)23-5/h7-8,21H,1-6H3,(H,17,19)/t16-/m1/s1. The number of benzene rings is 1. The highest BCUT2D eigenvalue weighted by atomic mass is 16.6. The number of cyclic esters (lactones) is 1. The molecule has 0 aliphatic carbocycles. The third-order valence-corrected chi connectivity index (χ3v) is 4.24. The van der Waals surface area contributed by atoms with Crippen LogP contribution in [0, 0.1) is 0 Å². The van der Waals surface area contributed by atoms with Crippen LogP contribution in [-0.4, -0.2) is 54.8 Å². The molecular formula is C16H22N2O7. The van der Waals surface area contributed by atoms with Crippen molar-refractivity contribution in [3.8, 4) is 17.2 Å². The van der Waals surface area contributed by atoms with E-state index in [0.29, 0.717) is 5.75 Å². The van der Waals surface area contributed by atoms with Crippen LogP contribution in [0.3, 0.4) is 0 Å². The van der Waals surface area contributed by atoms with Crippen LogP contribution in [0.5, 0.6) is 17.2 Å². The molecule has 1 heterocycles. The number of aliphatic hydroxyl groups is 1. The van der Waals surface area contributed by atoms with Crippen molar-refractivity contribution in [3.05, 3.63) is 17.7 Å². The number of hydrogen-bond donors (Lipinski definition) is 2. The Morgan fingerprint density at radius 3 is 2.00 bits per heavy atom. The first kappa shape index (κ1) is 18.7. The van der Waals surface area contributed by atoms with Crippen molar-refractivity contribution in [1.82, 2.24) is 10.4 Å². The van der Waals surface area contributed by atoms with Crippen LogP contribution in [0.4, 0.5) is 4.79 Å². The third-order valence-electron chi connectivity index (χ3n) is 4.24. The van der Waals surface area contributed by atoms with E-state index in [-0.39, 0.29) is 17.1 Å². The van der Waals surface area contributed by atoms with Crippen molar-refractivity contribution < 1.29 is 33.6 Å². The fourth-order valence-corrected chi connectivity index (χ4v) is 2.34. The zero-order valence-electron chi connectivity index (χ0n) is 15.0. The van der Waals surface area contributed by atoms with Crippen LogP contribution in [-0.2, 0) is 4.74 Å². The third kappa shape index (κ3) is 3.02. The van der Waals surface area contributed by atoms with Crippen LogP contribution in [0.15, 0.2) is 12.1 Å². The lowest BCUT2D eigenvalue weighted by Crippen LogP contribution is -2.59. The van der Waals surface area contributed by atoms with Gasteiger partial charge in [-0.05, 0) is 32.9 Å². The lowest BCUT2D eigenvalue weighted by molar-refractivity contribution is -0.136. The molecule has 0 radical (unpaired) electrons. The largest absolute Gasteiger partial charge is 0.493 e. The number of nitrogens with one attached hydrogen (secondary N) is 1. The van der Waals surface area contributed by atoms with E-state index in [4.69, 9.17) is 18.9 Å². The summed E-state index contributed by atoms with van der Waals surface area (Å²) in [4.78, 5) is 24.5. The van der Waals surface area contributed by atoms with Gasteiger partial charge in [0, 0.05) is 5.56 Å². The molecule has 2 rings (SSSR count). The first-order valence-corrected chi connectivity index (χ1v) is 7.45. The highest BCUT2D eigenvalue weighted by Gasteiger charge is 2.57. The number of ether oxygens (including phenoxy) is 4. The predicted octanol–water partition coefficient (Wildman–Crippen LogP) is 1.30. The summed E-state index contributed by atoms with van der Waals surface area (Å²) >= 11 is 0. The van der Waals surface area contributed by atoms with Gasteiger partial charge in [-0.15, -0.1) is 0 Å². The number of nitrogens with zero attached hydrogens (tertiary/aromatic N) is 1. The highest BCUT2D eigenvalue weighted by Crippen LogP contribution is 2.39. The molecule has 1 saturated heterocycles. The van der Waals surface area contributed by atoms with Crippen molar-refractivity contribution in [2.45, 2.75) is 32.1 Å². The van der Waals surface area contributed by atoms with Gasteiger partial charge >= 0.3 is 6.09 Å². The molecule has 1 aromatic carbocycles. The number of hydrazine groups is 1. The van der Waals surface area contributed by atoms with Gasteiger partial charge in [-0.1, -0.05) is 0 Å². The van der Waals surface area contributed by atoms with Crippen molar-refractivity contribution in [2.75, 3.05) is 21.3 Å². The maximum absolute atomic E-state index is 12.6. The van der Waals surface area contributed by atoms with Gasteiger partial charge in [-0.3, -0.25) is 10.2 Å². The molecule has 138 valence electrons. The zero-order chi connectivity index (χ0) is 19.0. The molecule has 0 aromatic heterocycles. The van der Waals surface area contributed by atoms with Gasteiger partial charge in [0.05, 0.1) is 21.3 Å². The summed E-state index contributed by atoms with van der Waals surface area (Å²) in [5.74, 6) is 0.232. The number of hydrogen-bond acceptors (Lipinski definition) is 7. The summed E-state index contributed by atoms with van der Waals surface area (Å²) in [6, 6.07) is 2.86. The SMILES string of the molecule is COc1cc(C(=O)NN2C(=O)OC(C)(C)[C@@]2(C)O)cc(OC)c1OC. The second kappa shape index (κ2) is 6.32. The van der Waals surface area contributed by atoms with Crippen LogP contribution in [0.25, 0.3) is 0 Å². The van der Waals surface area contributed by atoms with E-state index < -0.39 is 23.3 Å². The van der Waals surface area contributed by atoms with Crippen LogP contribution < -0.4 is 19.6 Å². The van der Waals surface area contributed by atoms with E-state index in [1.807, 2.05) is 0 Å². The van der Waals surface area contributed by atoms with Crippen LogP contribution >= 0.6 is 0 Å². The second-order valence-electron chi connectivity index (χ2n) is 6.09. The maximum Gasteiger partial charge on any atom is 0.432 e. The lowest BCUT2D eigenvalue weighted by atomic mass is 9.97. The number of carbonyl (C=O) groups excluding carboxylic acids is 2. The Morgan fingerprint density at radius 1 is 1.12 bits per heavy atom. The van der Waals surface area contributed by atoms with E-state index >= 15 is 0 Å². The first-order chi connectivity index (χ1) is 11.6. The second-order valence-corrected chi connectivity index (χ2v) is 6.09. The predicted molar refractivity (Wildman–Crippen MR) is 86.6 cm³/mol. The van der Waals surface area contributed by atoms with E-state index in [9.17, 15) is 14.7 Å². The number of carbonyl (C=O) groups is 2. The van der Waals surface area contributed by atoms with Gasteiger partial charge in [0.1, 0.15) is 0 Å². The summed E-state index contributed by atoms with van der Waals surface area (Å²) in [6.07, 6.45) is -0.865. The van der Waals surface area contributed by atoms with Crippen molar-refractivity contribution in [3.63, 3.8) is 0 Å². The minimum absolute atomic E-state index is 0.141. The molecule has 1 aliphatic rings. The van der Waals surface area contributed by atoms with Gasteiger partial charge in [-0.25, -0.2) is 4.79 Å². The van der Waals surface area contributed by atoms with Crippen molar-refractivity contribution in [1.29, 1.82) is 0 Å². The maximum atomic E-state index is 12.6. The number of methoxy groups -OCH3 is 3. The van der Waals surface area contributed by atoms with Gasteiger partial charge in [-0.2, -0.15) is 5.01 Å². The molecule has 0 spiro atoms. The summed E-state index contributed by atoms with van der Waals surface area (Å²) in [7, 11) is 4.29. The fourth-order valence-electron chi connectivity index (χ4n) is 2.34. The number of rotatable bonds is 5. The molecule has 0 unspecified atom stereocenters. The van der Waals surface area contributed by atoms with Crippen LogP contribution in [0.1, 0.15) is 31.1 Å². The van der Waals surface area contributed by atoms with Crippen molar-refractivity contribution >= 4 is 12.0 Å². The van der Waals surface area contributed by atoms with Crippen molar-refractivity contribution in [2.24, 2.45) is 0 Å². The molecule has 1 atom stereocenters. The molecule has 1 aliphatic heterocycles. The lowest BCUT2D eigenvalue weighted by Gasteiger charge is -2.34. The summed E-state index contributed by atoms with van der Waals surface area (Å²) in [5, 5.41) is 11.3. The molecule has 2 N–H and O–H groups in total. The summed E-state index contributed by atoms with van der Waals surface area (Å²) in [5.41, 5.74) is -0.447. The first-order valence-electron chi connectivity index (χ1n) is 7.45. The molecule has 25 heavy (non-hydrogen) atoms. The molecule has 2 amide bonds. The molecular weight excluding hydrogens is 332 g/mol. The minimum Gasteiger partial charge on any atom is -0.493 e. The zero-order valence-corrected chi connectivity index (χ0v) is 15.0. The van der Waals surface area contributed by atoms with Gasteiger partial charge in [0.25, 0.3) is 5.91 Å². The molecule has 1 aromatic rings. The van der Waals surface area contributed by atoms with Gasteiger partial charge < -0.3 is 24.1 Å². The smallest absolute Gasteiger partial charge is 0.432 e. The highest BCUT2D eigenvalue weighted by molar-refractivity contribution is 5.96. The monoisotopic (exact) mass is 354 g/mol. The Balaban J connectivity index is 2.34. The Hall–Kier alpha value is -2.68. The number of amides is 2. The molecule has 0 bridgehead atoms. The Bertz CT molecular complexity index is 675. The van der Waals surface area contributed by atoms with E-state index in [2.05, 4.69) is 5.43 Å². The molecule has 9 heteroatoms. The quantitative estimate of drug-likeness (QED) is 0.821. The summed E-state index contributed by atoms with van der Waals surface area (Å²) < 4.78 is 20.7. The molecule has 1 fully saturated rings. The Morgan fingerprint density at radius 2 is 1.64 bits per heavy atom. The van der Waals surface area contributed by atoms with Crippen LogP contribution in [0.2, 0.25) is 0 Å².